The number of esters is 2. The fourth-order valence-corrected chi connectivity index (χ4v) is 1.53. The highest BCUT2D eigenvalue weighted by Crippen LogP contribution is 2.31. The maximum atomic E-state index is 14.0. The lowest BCUT2D eigenvalue weighted by Crippen LogP contribution is -2.41. The molecule has 1 N–H and O–H groups in total. The molecule has 0 radical (unpaired) electrons. The number of ether oxygens (including phenoxy) is 3. The summed E-state index contributed by atoms with van der Waals surface area (Å²) in [6.45, 7) is 9.97. The van der Waals surface area contributed by atoms with E-state index in [2.05, 4.69) is 0 Å². The molecular weight excluding hydrogens is 295 g/mol. The van der Waals surface area contributed by atoms with Crippen molar-refractivity contribution in [2.45, 2.75) is 72.8 Å². The molecular formula is C15H25FO6. The van der Waals surface area contributed by atoms with Crippen LogP contribution in [0.25, 0.3) is 0 Å². The second-order valence-electron chi connectivity index (χ2n) is 7.10. The summed E-state index contributed by atoms with van der Waals surface area (Å²) in [6.07, 6.45) is -6.23. The van der Waals surface area contributed by atoms with Crippen LogP contribution in [-0.2, 0) is 23.8 Å². The van der Waals surface area contributed by atoms with Gasteiger partial charge in [-0.2, -0.15) is 0 Å². The molecule has 0 aromatic heterocycles. The lowest BCUT2D eigenvalue weighted by Gasteiger charge is -2.27. The van der Waals surface area contributed by atoms with Gasteiger partial charge in [0.15, 0.2) is 18.6 Å². The van der Waals surface area contributed by atoms with Crippen LogP contribution < -0.4 is 0 Å². The van der Waals surface area contributed by atoms with E-state index < -0.39 is 47.6 Å². The highest BCUT2D eigenvalue weighted by Gasteiger charge is 2.51. The third-order valence-corrected chi connectivity index (χ3v) is 3.64. The fourth-order valence-electron chi connectivity index (χ4n) is 1.53. The molecule has 6 nitrogen and oxygen atoms in total. The topological polar surface area (TPSA) is 82.1 Å². The Morgan fingerprint density at radius 1 is 1.14 bits per heavy atom. The molecule has 1 unspecified atom stereocenters. The Bertz CT molecular complexity index is 428. The van der Waals surface area contributed by atoms with Crippen LogP contribution in [-0.4, -0.2) is 41.9 Å². The van der Waals surface area contributed by atoms with Gasteiger partial charge in [-0.3, -0.25) is 9.59 Å². The van der Waals surface area contributed by atoms with Crippen LogP contribution in [0.15, 0.2) is 0 Å². The predicted octanol–water partition coefficient (Wildman–Crippen LogP) is 1.94. The molecule has 7 heteroatoms. The van der Waals surface area contributed by atoms with Crippen LogP contribution >= 0.6 is 0 Å². The molecule has 0 amide bonds. The Labute approximate surface area is 129 Å². The van der Waals surface area contributed by atoms with Crippen LogP contribution in [0.2, 0.25) is 0 Å². The first-order chi connectivity index (χ1) is 9.90. The van der Waals surface area contributed by atoms with Gasteiger partial charge >= 0.3 is 11.9 Å². The lowest BCUT2D eigenvalue weighted by atomic mass is 9.91. The summed E-state index contributed by atoms with van der Waals surface area (Å²) in [6, 6.07) is 0. The number of carbonyl (C=O) groups excluding carboxylic acids is 2. The van der Waals surface area contributed by atoms with Crippen LogP contribution in [0, 0.1) is 10.8 Å². The quantitative estimate of drug-likeness (QED) is 0.797. The summed E-state index contributed by atoms with van der Waals surface area (Å²) in [4.78, 5) is 23.9. The molecule has 0 spiro atoms. The Balaban J connectivity index is 2.84. The van der Waals surface area contributed by atoms with Crippen molar-refractivity contribution in [3.05, 3.63) is 0 Å². The van der Waals surface area contributed by atoms with Crippen LogP contribution in [0.5, 0.6) is 0 Å². The number of halogens is 1. The van der Waals surface area contributed by atoms with Gasteiger partial charge in [-0.25, -0.2) is 4.39 Å². The predicted molar refractivity (Wildman–Crippen MR) is 75.3 cm³/mol. The number of aliphatic hydroxyl groups is 1. The van der Waals surface area contributed by atoms with Crippen molar-refractivity contribution in [1.82, 2.24) is 0 Å². The normalized spacial score (nSPS) is 29.3. The van der Waals surface area contributed by atoms with E-state index in [4.69, 9.17) is 14.2 Å². The van der Waals surface area contributed by atoms with E-state index >= 15 is 0 Å². The Morgan fingerprint density at radius 2 is 1.68 bits per heavy atom. The average Bonchev–Trinajstić information content (AvgIpc) is 2.65. The number of rotatable bonds is 4. The lowest BCUT2D eigenvalue weighted by molar-refractivity contribution is -0.220. The van der Waals surface area contributed by atoms with Gasteiger partial charge in [0.05, 0.1) is 10.8 Å². The van der Waals surface area contributed by atoms with E-state index in [-0.39, 0.29) is 0 Å². The zero-order valence-electron chi connectivity index (χ0n) is 13.9. The second kappa shape index (κ2) is 6.50. The SMILES string of the molecule is CCC(C)(C)C(=O)O[C@H]1OC(O)[C@@H](F)[C@@H]1OC(=O)C(C)(C)C. The first kappa shape index (κ1) is 18.8. The maximum absolute atomic E-state index is 14.0. The molecule has 1 aliphatic heterocycles. The van der Waals surface area contributed by atoms with E-state index in [1.807, 2.05) is 0 Å². The molecule has 0 bridgehead atoms. The molecule has 4 atom stereocenters. The molecule has 0 aromatic carbocycles. The molecule has 1 fully saturated rings. The third kappa shape index (κ3) is 4.16. The van der Waals surface area contributed by atoms with E-state index in [0.29, 0.717) is 6.42 Å². The summed E-state index contributed by atoms with van der Waals surface area (Å²) < 4.78 is 29.0. The Morgan fingerprint density at radius 3 is 2.14 bits per heavy atom. The van der Waals surface area contributed by atoms with Gasteiger partial charge in [-0.1, -0.05) is 6.92 Å². The molecule has 128 valence electrons. The van der Waals surface area contributed by atoms with Crippen LogP contribution in [0.3, 0.4) is 0 Å². The zero-order valence-corrected chi connectivity index (χ0v) is 13.9. The first-order valence-corrected chi connectivity index (χ1v) is 7.30. The summed E-state index contributed by atoms with van der Waals surface area (Å²) in [5.41, 5.74) is -1.65. The first-order valence-electron chi connectivity index (χ1n) is 7.30. The van der Waals surface area contributed by atoms with Gasteiger partial charge in [-0.15, -0.1) is 0 Å². The minimum Gasteiger partial charge on any atom is -0.452 e. The van der Waals surface area contributed by atoms with E-state index in [1.54, 1.807) is 41.5 Å². The number of carbonyl (C=O) groups is 2. The summed E-state index contributed by atoms with van der Waals surface area (Å²) in [7, 11) is 0. The van der Waals surface area contributed by atoms with E-state index in [1.165, 1.54) is 0 Å². The largest absolute Gasteiger partial charge is 0.452 e. The van der Waals surface area contributed by atoms with Gasteiger partial charge in [0.25, 0.3) is 0 Å². The van der Waals surface area contributed by atoms with Crippen molar-refractivity contribution < 1.29 is 33.3 Å². The molecule has 0 saturated carbocycles. The summed E-state index contributed by atoms with van der Waals surface area (Å²) in [5, 5.41) is 9.45. The average molecular weight is 320 g/mol. The molecule has 1 rings (SSSR count). The highest BCUT2D eigenvalue weighted by molar-refractivity contribution is 5.76. The minimum atomic E-state index is -1.98. The van der Waals surface area contributed by atoms with Crippen LogP contribution in [0.4, 0.5) is 4.39 Å². The molecule has 1 heterocycles. The number of alkyl halides is 1. The maximum Gasteiger partial charge on any atom is 0.313 e. The molecule has 0 aliphatic carbocycles. The third-order valence-electron chi connectivity index (χ3n) is 3.64. The van der Waals surface area contributed by atoms with Crippen molar-refractivity contribution >= 4 is 11.9 Å². The van der Waals surface area contributed by atoms with Gasteiger partial charge < -0.3 is 19.3 Å². The standard InChI is InChI=1S/C15H25FO6/c1-7-15(5,6)13(19)22-11-9(8(16)10(17)21-11)20-12(18)14(2,3)4/h8-11,17H,7H2,1-6H3/t8-,9-,10?,11+/m0/s1. The minimum absolute atomic E-state index is 0.507. The van der Waals surface area contributed by atoms with Crippen LogP contribution in [0.1, 0.15) is 48.0 Å². The van der Waals surface area contributed by atoms with E-state index in [9.17, 15) is 19.1 Å². The van der Waals surface area contributed by atoms with E-state index in [0.717, 1.165) is 0 Å². The van der Waals surface area contributed by atoms with Crippen molar-refractivity contribution in [2.24, 2.45) is 10.8 Å². The Kier molecular flexibility index (Phi) is 5.56. The molecule has 1 saturated heterocycles. The molecule has 22 heavy (non-hydrogen) atoms. The monoisotopic (exact) mass is 320 g/mol. The number of hydrogen-bond donors (Lipinski definition) is 1. The summed E-state index contributed by atoms with van der Waals surface area (Å²) >= 11 is 0. The van der Waals surface area contributed by atoms with Crippen molar-refractivity contribution in [3.8, 4) is 0 Å². The fraction of sp³-hybridized carbons (Fsp3) is 0.867. The van der Waals surface area contributed by atoms with Gasteiger partial charge in [0, 0.05) is 0 Å². The van der Waals surface area contributed by atoms with Gasteiger partial charge in [0.2, 0.25) is 6.29 Å². The number of aliphatic hydroxyl groups excluding tert-OH is 1. The second-order valence-corrected chi connectivity index (χ2v) is 7.10. The highest BCUT2D eigenvalue weighted by atomic mass is 19.1. The van der Waals surface area contributed by atoms with Crippen molar-refractivity contribution in [3.63, 3.8) is 0 Å². The van der Waals surface area contributed by atoms with Crippen molar-refractivity contribution in [2.75, 3.05) is 0 Å². The molecule has 1 aliphatic rings. The van der Waals surface area contributed by atoms with Gasteiger partial charge in [-0.05, 0) is 41.0 Å². The van der Waals surface area contributed by atoms with Crippen molar-refractivity contribution in [1.29, 1.82) is 0 Å². The van der Waals surface area contributed by atoms with Gasteiger partial charge in [0.1, 0.15) is 0 Å². The molecule has 0 aromatic rings. The smallest absolute Gasteiger partial charge is 0.313 e. The summed E-state index contributed by atoms with van der Waals surface area (Å²) in [5.74, 6) is -1.29. The Hall–Kier alpha value is -1.21. The number of hydrogen-bond acceptors (Lipinski definition) is 6. The zero-order chi connectivity index (χ0) is 17.3.